The Bertz CT molecular complexity index is 1300. The van der Waals surface area contributed by atoms with Crippen molar-refractivity contribution in [1.82, 2.24) is 0 Å². The summed E-state index contributed by atoms with van der Waals surface area (Å²) in [6.07, 6.45) is 19.3. The predicted molar refractivity (Wildman–Crippen MR) is 194 cm³/mol. The van der Waals surface area contributed by atoms with E-state index in [1.54, 1.807) is 5.57 Å². The molecule has 0 aromatic heterocycles. The Kier molecular flexibility index (Phi) is 13.6. The van der Waals surface area contributed by atoms with E-state index in [1.807, 2.05) is 0 Å². The van der Waals surface area contributed by atoms with Crippen LogP contribution in [-0.4, -0.2) is 19.5 Å². The van der Waals surface area contributed by atoms with Gasteiger partial charge in [-0.1, -0.05) is 138 Å². The second-order valence-electron chi connectivity index (χ2n) is 14.8. The average Bonchev–Trinajstić information content (AvgIpc) is 3.09. The molecule has 1 saturated heterocycles. The van der Waals surface area contributed by atoms with E-state index >= 15 is 0 Å². The summed E-state index contributed by atoms with van der Waals surface area (Å²) in [5.74, 6) is 3.50. The fourth-order valence-electron chi connectivity index (χ4n) is 7.38. The molecule has 2 heteroatoms. The number of hydrogen-bond donors (Lipinski definition) is 0. The summed E-state index contributed by atoms with van der Waals surface area (Å²) in [4.78, 5) is 0. The first-order chi connectivity index (χ1) is 22.4. The van der Waals surface area contributed by atoms with Crippen molar-refractivity contribution in [1.29, 1.82) is 0 Å². The quantitative estimate of drug-likeness (QED) is 0.210. The van der Waals surface area contributed by atoms with Crippen LogP contribution in [0.1, 0.15) is 112 Å². The van der Waals surface area contributed by atoms with Gasteiger partial charge in [-0.3, -0.25) is 0 Å². The third-order valence-electron chi connectivity index (χ3n) is 10.7. The van der Waals surface area contributed by atoms with Crippen molar-refractivity contribution in [3.05, 3.63) is 118 Å². The Morgan fingerprint density at radius 2 is 1.04 bits per heavy atom. The van der Waals surface area contributed by atoms with Gasteiger partial charge in [0.1, 0.15) is 0 Å². The highest BCUT2D eigenvalue weighted by molar-refractivity contribution is 5.31. The summed E-state index contributed by atoms with van der Waals surface area (Å²) < 4.78 is 11.4. The van der Waals surface area contributed by atoms with Crippen LogP contribution in [0.3, 0.4) is 0 Å². The molecule has 1 saturated carbocycles. The first-order valence-corrected chi connectivity index (χ1v) is 18.6. The number of allylic oxidation sites excluding steroid dienone is 2. The zero-order valence-electron chi connectivity index (χ0n) is 29.3. The van der Waals surface area contributed by atoms with Crippen LogP contribution in [0.5, 0.6) is 0 Å². The molecule has 0 spiro atoms. The van der Waals surface area contributed by atoms with Crippen molar-refractivity contribution in [2.24, 2.45) is 23.7 Å². The van der Waals surface area contributed by atoms with Gasteiger partial charge < -0.3 is 9.47 Å². The standard InChI is InChI=1S/C23H34.C21H26O2/c1-3-19-8-10-21(11-9-19)17-23-14-12-22(13-15-23)16-20-6-4-18(2)5-7-20;1-3-17-4-6-18(7-5-17)12-19-8-10-20(11-9-19)13-21-22-14-16(2)15-23-21/h8-11,14,18,20,22H,3-7,12-13,15-17H2,1-2H3;4-11,16,21H,3,12-15H2,1-2H3. The fraction of sp³-hybridized carbons (Fsp3) is 0.545. The molecule has 0 N–H and O–H groups in total. The topological polar surface area (TPSA) is 18.5 Å². The van der Waals surface area contributed by atoms with Crippen LogP contribution < -0.4 is 0 Å². The molecule has 3 aromatic carbocycles. The van der Waals surface area contributed by atoms with Crippen LogP contribution in [0.25, 0.3) is 0 Å². The van der Waals surface area contributed by atoms with Crippen LogP contribution in [0, 0.1) is 23.7 Å². The van der Waals surface area contributed by atoms with Crippen LogP contribution in [0.2, 0.25) is 0 Å². The first-order valence-electron chi connectivity index (χ1n) is 18.6. The minimum Gasteiger partial charge on any atom is -0.352 e. The molecular weight excluding hydrogens is 560 g/mol. The number of aryl methyl sites for hydroxylation is 2. The monoisotopic (exact) mass is 620 g/mol. The molecule has 0 amide bonds. The van der Waals surface area contributed by atoms with Gasteiger partial charge in [-0.2, -0.15) is 0 Å². The van der Waals surface area contributed by atoms with E-state index in [9.17, 15) is 0 Å². The van der Waals surface area contributed by atoms with Gasteiger partial charge in [0.15, 0.2) is 6.29 Å². The van der Waals surface area contributed by atoms with E-state index in [2.05, 4.69) is 107 Å². The number of hydrogen-bond acceptors (Lipinski definition) is 2. The van der Waals surface area contributed by atoms with Crippen LogP contribution in [0.4, 0.5) is 0 Å². The molecule has 3 aliphatic rings. The third kappa shape index (κ3) is 11.2. The van der Waals surface area contributed by atoms with Crippen LogP contribution in [-0.2, 0) is 41.6 Å². The van der Waals surface area contributed by atoms with Crippen molar-refractivity contribution in [2.75, 3.05) is 13.2 Å². The van der Waals surface area contributed by atoms with E-state index in [4.69, 9.17) is 9.47 Å². The number of benzene rings is 3. The SMILES string of the molecule is CCc1ccc(CC2=CCC(CC3CCC(C)CC3)CC2)cc1.CCc1ccc(Cc2ccc(CC3OCC(C)CO3)cc2)cc1. The Hall–Kier alpha value is -2.68. The lowest BCUT2D eigenvalue weighted by Crippen LogP contribution is -2.31. The van der Waals surface area contributed by atoms with E-state index in [0.29, 0.717) is 5.92 Å². The lowest BCUT2D eigenvalue weighted by Gasteiger charge is -2.30. The van der Waals surface area contributed by atoms with Gasteiger partial charge in [0, 0.05) is 12.3 Å². The first kappa shape index (κ1) is 34.6. The molecule has 1 heterocycles. The summed E-state index contributed by atoms with van der Waals surface area (Å²) in [6, 6.07) is 27.0. The lowest BCUT2D eigenvalue weighted by atomic mass is 9.75. The largest absolute Gasteiger partial charge is 0.352 e. The minimum absolute atomic E-state index is 0.0846. The van der Waals surface area contributed by atoms with Crippen LogP contribution in [0.15, 0.2) is 84.4 Å². The van der Waals surface area contributed by atoms with E-state index in [0.717, 1.165) is 56.7 Å². The molecule has 1 aliphatic heterocycles. The molecule has 3 aromatic rings. The second-order valence-corrected chi connectivity index (χ2v) is 14.8. The van der Waals surface area contributed by atoms with Crippen molar-refractivity contribution in [3.63, 3.8) is 0 Å². The average molecular weight is 621 g/mol. The molecule has 2 nitrogen and oxygen atoms in total. The van der Waals surface area contributed by atoms with Gasteiger partial charge in [0.25, 0.3) is 0 Å². The number of ether oxygens (including phenoxy) is 2. The Morgan fingerprint density at radius 1 is 0.543 bits per heavy atom. The molecule has 0 bridgehead atoms. The molecule has 46 heavy (non-hydrogen) atoms. The molecule has 1 unspecified atom stereocenters. The molecule has 0 radical (unpaired) electrons. The van der Waals surface area contributed by atoms with Crippen molar-refractivity contribution < 1.29 is 9.47 Å². The molecule has 1 atom stereocenters. The molecular formula is C44H60O2. The maximum atomic E-state index is 5.72. The minimum atomic E-state index is -0.0846. The van der Waals surface area contributed by atoms with Gasteiger partial charge in [-0.25, -0.2) is 0 Å². The maximum absolute atomic E-state index is 5.72. The van der Waals surface area contributed by atoms with Gasteiger partial charge in [-0.15, -0.1) is 0 Å². The summed E-state index contributed by atoms with van der Waals surface area (Å²) in [5, 5.41) is 0. The molecule has 248 valence electrons. The summed E-state index contributed by atoms with van der Waals surface area (Å²) >= 11 is 0. The normalized spacial score (nSPS) is 24.9. The zero-order chi connectivity index (χ0) is 32.1. The lowest BCUT2D eigenvalue weighted by molar-refractivity contribution is -0.196. The third-order valence-corrected chi connectivity index (χ3v) is 10.7. The Labute approximate surface area is 281 Å². The van der Waals surface area contributed by atoms with E-state index in [1.165, 1.54) is 91.2 Å². The molecule has 2 fully saturated rings. The zero-order valence-corrected chi connectivity index (χ0v) is 29.3. The smallest absolute Gasteiger partial charge is 0.161 e. The Balaban J connectivity index is 0.000000181. The number of rotatable bonds is 10. The van der Waals surface area contributed by atoms with Gasteiger partial charge in [0.05, 0.1) is 13.2 Å². The highest BCUT2D eigenvalue weighted by Crippen LogP contribution is 2.37. The van der Waals surface area contributed by atoms with Gasteiger partial charge >= 0.3 is 0 Å². The molecule has 2 aliphatic carbocycles. The Morgan fingerprint density at radius 3 is 1.54 bits per heavy atom. The summed E-state index contributed by atoms with van der Waals surface area (Å²) in [5.41, 5.74) is 10.0. The predicted octanol–water partition coefficient (Wildman–Crippen LogP) is 11.1. The van der Waals surface area contributed by atoms with Crippen molar-refractivity contribution in [2.45, 2.75) is 117 Å². The highest BCUT2D eigenvalue weighted by atomic mass is 16.7. The van der Waals surface area contributed by atoms with Crippen molar-refractivity contribution >= 4 is 0 Å². The van der Waals surface area contributed by atoms with E-state index in [-0.39, 0.29) is 6.29 Å². The second kappa shape index (κ2) is 18.0. The van der Waals surface area contributed by atoms with Crippen molar-refractivity contribution in [3.8, 4) is 0 Å². The fourth-order valence-corrected chi connectivity index (χ4v) is 7.38. The van der Waals surface area contributed by atoms with Crippen LogP contribution >= 0.6 is 0 Å². The maximum Gasteiger partial charge on any atom is 0.161 e. The molecule has 6 rings (SSSR count). The highest BCUT2D eigenvalue weighted by Gasteiger charge is 2.23. The summed E-state index contributed by atoms with van der Waals surface area (Å²) in [7, 11) is 0. The van der Waals surface area contributed by atoms with E-state index < -0.39 is 0 Å². The van der Waals surface area contributed by atoms with Gasteiger partial charge in [0.2, 0.25) is 0 Å². The summed E-state index contributed by atoms with van der Waals surface area (Å²) in [6.45, 7) is 10.6. The van der Waals surface area contributed by atoms with Gasteiger partial charge in [-0.05, 0) is 103 Å².